The number of nitriles is 1. The molecule has 0 unspecified atom stereocenters. The van der Waals surface area contributed by atoms with Gasteiger partial charge in [-0.05, 0) is 47.5 Å². The Morgan fingerprint density at radius 1 is 1.00 bits per heavy atom. The third kappa shape index (κ3) is 5.80. The maximum Gasteiger partial charge on any atom is 0.288 e. The van der Waals surface area contributed by atoms with Gasteiger partial charge in [-0.15, -0.1) is 0 Å². The Labute approximate surface area is 171 Å². The molecule has 1 amide bonds. The van der Waals surface area contributed by atoms with Gasteiger partial charge in [0, 0.05) is 4.90 Å². The molecule has 0 aliphatic heterocycles. The van der Waals surface area contributed by atoms with Gasteiger partial charge in [0.25, 0.3) is 11.7 Å². The van der Waals surface area contributed by atoms with Crippen molar-refractivity contribution in [1.29, 1.82) is 5.26 Å². The quantitative estimate of drug-likeness (QED) is 0.518. The number of benzene rings is 3. The first-order valence-electron chi connectivity index (χ1n) is 8.62. The van der Waals surface area contributed by atoms with Gasteiger partial charge < -0.3 is 10.1 Å². The van der Waals surface area contributed by atoms with Crippen molar-refractivity contribution in [3.63, 3.8) is 0 Å². The zero-order valence-electron chi connectivity index (χ0n) is 15.1. The van der Waals surface area contributed by atoms with E-state index in [0.717, 1.165) is 11.1 Å². The highest BCUT2D eigenvalue weighted by molar-refractivity contribution is 7.99. The molecule has 3 rings (SSSR count). The van der Waals surface area contributed by atoms with Gasteiger partial charge in [0.05, 0.1) is 17.3 Å². The first kappa shape index (κ1) is 20.4. The third-order valence-corrected chi connectivity index (χ3v) is 4.74. The molecule has 0 saturated heterocycles. The zero-order chi connectivity index (χ0) is 20.6. The van der Waals surface area contributed by atoms with Crippen molar-refractivity contribution in [1.82, 2.24) is 0 Å². The van der Waals surface area contributed by atoms with Crippen LogP contribution in [0.4, 0.5) is 14.5 Å². The molecule has 3 aromatic rings. The Bertz CT molecular complexity index is 1020. The lowest BCUT2D eigenvalue weighted by atomic mass is 10.0. The maximum atomic E-state index is 12.6. The van der Waals surface area contributed by atoms with Gasteiger partial charge >= 0.3 is 0 Å². The molecule has 0 saturated carbocycles. The average molecular weight is 410 g/mol. The van der Waals surface area contributed by atoms with Gasteiger partial charge in [0.1, 0.15) is 5.75 Å². The molecule has 0 aromatic heterocycles. The largest absolute Gasteiger partial charge is 0.484 e. The van der Waals surface area contributed by atoms with Crippen LogP contribution in [0.5, 0.6) is 5.75 Å². The molecule has 0 atom stereocenters. The summed E-state index contributed by atoms with van der Waals surface area (Å²) in [7, 11) is 0. The van der Waals surface area contributed by atoms with Crippen LogP contribution in [0.1, 0.15) is 5.56 Å². The van der Waals surface area contributed by atoms with E-state index >= 15 is 0 Å². The second kappa shape index (κ2) is 9.71. The Morgan fingerprint density at radius 3 is 2.24 bits per heavy atom. The fourth-order valence-electron chi connectivity index (χ4n) is 2.58. The predicted octanol–water partition coefficient (Wildman–Crippen LogP) is 5.56. The van der Waals surface area contributed by atoms with E-state index < -0.39 is 11.7 Å². The molecule has 146 valence electrons. The number of thioether (sulfide) groups is 1. The predicted molar refractivity (Wildman–Crippen MR) is 109 cm³/mol. The topological polar surface area (TPSA) is 62.1 Å². The number of hydrogen-bond acceptors (Lipinski definition) is 4. The van der Waals surface area contributed by atoms with E-state index in [2.05, 4.69) is 11.4 Å². The Morgan fingerprint density at radius 2 is 1.62 bits per heavy atom. The van der Waals surface area contributed by atoms with Gasteiger partial charge in [0.2, 0.25) is 0 Å². The molecule has 29 heavy (non-hydrogen) atoms. The molecular formula is C22H16F2N2O2S. The number of hydrogen-bond donors (Lipinski definition) is 1. The molecule has 0 fully saturated rings. The van der Waals surface area contributed by atoms with E-state index in [1.54, 1.807) is 42.5 Å². The summed E-state index contributed by atoms with van der Waals surface area (Å²) in [6.07, 6.45) is 0. The number of amides is 1. The van der Waals surface area contributed by atoms with Crippen LogP contribution in [-0.2, 0) is 4.79 Å². The van der Waals surface area contributed by atoms with Crippen molar-refractivity contribution < 1.29 is 18.3 Å². The molecule has 0 aliphatic rings. The summed E-state index contributed by atoms with van der Waals surface area (Å²) in [6.45, 7) is -0.246. The molecule has 3 aromatic carbocycles. The van der Waals surface area contributed by atoms with Crippen molar-refractivity contribution in [3.05, 3.63) is 78.4 Å². The number of para-hydroxylation sites is 1. The maximum absolute atomic E-state index is 12.6. The smallest absolute Gasteiger partial charge is 0.288 e. The van der Waals surface area contributed by atoms with Gasteiger partial charge in [-0.1, -0.05) is 48.2 Å². The molecule has 4 nitrogen and oxygen atoms in total. The van der Waals surface area contributed by atoms with Crippen LogP contribution in [0.3, 0.4) is 0 Å². The second-order valence-electron chi connectivity index (χ2n) is 5.93. The summed E-state index contributed by atoms with van der Waals surface area (Å²) >= 11 is 0.377. The molecule has 1 N–H and O–H groups in total. The highest BCUT2D eigenvalue weighted by atomic mass is 32.2. The highest BCUT2D eigenvalue weighted by Gasteiger charge is 2.12. The summed E-state index contributed by atoms with van der Waals surface area (Å²) < 4.78 is 30.7. The molecule has 0 heterocycles. The normalized spacial score (nSPS) is 10.4. The van der Waals surface area contributed by atoms with Gasteiger partial charge in [-0.3, -0.25) is 4.79 Å². The summed E-state index contributed by atoms with van der Waals surface area (Å²) in [6, 6.07) is 22.8. The van der Waals surface area contributed by atoms with Crippen LogP contribution in [0.15, 0.2) is 77.7 Å². The van der Waals surface area contributed by atoms with E-state index in [1.165, 1.54) is 6.07 Å². The summed E-state index contributed by atoms with van der Waals surface area (Å²) in [5, 5.41) is 11.4. The molecule has 0 bridgehead atoms. The van der Waals surface area contributed by atoms with E-state index in [9.17, 15) is 13.6 Å². The van der Waals surface area contributed by atoms with Crippen molar-refractivity contribution >= 4 is 23.4 Å². The monoisotopic (exact) mass is 410 g/mol. The Balaban J connectivity index is 1.57. The third-order valence-electron chi connectivity index (χ3n) is 3.95. The summed E-state index contributed by atoms with van der Waals surface area (Å²) in [5.74, 6) is -2.50. The average Bonchev–Trinajstić information content (AvgIpc) is 2.74. The minimum Gasteiger partial charge on any atom is -0.484 e. The van der Waals surface area contributed by atoms with Gasteiger partial charge in [0.15, 0.2) is 6.61 Å². The second-order valence-corrected chi connectivity index (χ2v) is 6.96. The number of alkyl halides is 2. The molecule has 0 aliphatic carbocycles. The summed E-state index contributed by atoms with van der Waals surface area (Å²) in [4.78, 5) is 12.4. The fraction of sp³-hybridized carbons (Fsp3) is 0.0909. The van der Waals surface area contributed by atoms with Crippen LogP contribution in [0.2, 0.25) is 0 Å². The number of ether oxygens (including phenoxy) is 1. The number of nitrogens with zero attached hydrogens (tertiary/aromatic N) is 1. The van der Waals surface area contributed by atoms with Gasteiger partial charge in [-0.2, -0.15) is 14.0 Å². The first-order valence-corrected chi connectivity index (χ1v) is 9.50. The fourth-order valence-corrected chi connectivity index (χ4v) is 3.18. The van der Waals surface area contributed by atoms with Crippen molar-refractivity contribution in [2.75, 3.05) is 11.9 Å². The minimum absolute atomic E-state index is 0.246. The van der Waals surface area contributed by atoms with Crippen LogP contribution >= 0.6 is 11.8 Å². The van der Waals surface area contributed by atoms with Crippen LogP contribution < -0.4 is 10.1 Å². The molecule has 7 heteroatoms. The van der Waals surface area contributed by atoms with Crippen molar-refractivity contribution in [2.24, 2.45) is 0 Å². The highest BCUT2D eigenvalue weighted by Crippen LogP contribution is 2.31. The Kier molecular flexibility index (Phi) is 6.82. The lowest BCUT2D eigenvalue weighted by molar-refractivity contribution is -0.118. The SMILES string of the molecule is N#Cc1ccc(-c2ccc(OCC(=O)Nc3ccccc3SC(F)F)cc2)cc1. The molecule has 0 spiro atoms. The molecule has 0 radical (unpaired) electrons. The number of halogens is 2. The standard InChI is InChI=1S/C22H16F2N2O2S/c23-22(24)29-20-4-2-1-3-19(20)26-21(27)14-28-18-11-9-17(10-12-18)16-7-5-15(13-25)6-8-16/h1-12,22H,14H2,(H,26,27). The number of carbonyl (C=O) groups is 1. The zero-order valence-corrected chi connectivity index (χ0v) is 16.0. The van der Waals surface area contributed by atoms with Gasteiger partial charge in [-0.25, -0.2) is 0 Å². The van der Waals surface area contributed by atoms with Crippen LogP contribution in [0, 0.1) is 11.3 Å². The van der Waals surface area contributed by atoms with Crippen molar-refractivity contribution in [2.45, 2.75) is 10.7 Å². The lowest BCUT2D eigenvalue weighted by Gasteiger charge is -2.11. The summed E-state index contributed by atoms with van der Waals surface area (Å²) in [5.41, 5.74) is 2.82. The van der Waals surface area contributed by atoms with E-state index in [-0.39, 0.29) is 6.61 Å². The van der Waals surface area contributed by atoms with E-state index in [0.29, 0.717) is 33.7 Å². The van der Waals surface area contributed by atoms with Crippen molar-refractivity contribution in [3.8, 4) is 22.9 Å². The number of rotatable bonds is 7. The van der Waals surface area contributed by atoms with Crippen LogP contribution in [-0.4, -0.2) is 18.3 Å². The lowest BCUT2D eigenvalue weighted by Crippen LogP contribution is -2.20. The number of carbonyl (C=O) groups excluding carboxylic acids is 1. The first-order chi connectivity index (χ1) is 14.0. The molecular weight excluding hydrogens is 394 g/mol. The number of nitrogens with one attached hydrogen (secondary N) is 1. The Hall–Kier alpha value is -3.37. The number of anilines is 1. The van der Waals surface area contributed by atoms with E-state index in [4.69, 9.17) is 10.00 Å². The van der Waals surface area contributed by atoms with Crippen LogP contribution in [0.25, 0.3) is 11.1 Å². The van der Waals surface area contributed by atoms with E-state index in [1.807, 2.05) is 24.3 Å². The minimum atomic E-state index is -2.57.